The fourth-order valence-electron chi connectivity index (χ4n) is 4.48. The molecule has 1 N–H and O–H groups in total. The van der Waals surface area contributed by atoms with Gasteiger partial charge in [-0.05, 0) is 30.3 Å². The molecule has 35 heavy (non-hydrogen) atoms. The standard InChI is InChI=1S/C27H27N3O5/c1-33-20-7-4-6-19(16-20)30-26(31)22-9-3-2-8-21(22)23(27(30)32)17-28-18-24(25-10-5-13-35-25)29-11-14-34-15-12-29/h2-10,13,16-17,24,32H,11-12,14-15,18H2,1H3. The lowest BCUT2D eigenvalue weighted by molar-refractivity contribution is 0.0137. The summed E-state index contributed by atoms with van der Waals surface area (Å²) in [5.41, 5.74) is 0.669. The summed E-state index contributed by atoms with van der Waals surface area (Å²) in [5, 5.41) is 12.4. The predicted octanol–water partition coefficient (Wildman–Crippen LogP) is 3.79. The van der Waals surface area contributed by atoms with Crippen LogP contribution in [-0.2, 0) is 4.74 Å². The van der Waals surface area contributed by atoms with Gasteiger partial charge in [0.2, 0.25) is 5.88 Å². The van der Waals surface area contributed by atoms with Crippen LogP contribution in [0.4, 0.5) is 0 Å². The van der Waals surface area contributed by atoms with Crippen molar-refractivity contribution in [2.24, 2.45) is 4.99 Å². The van der Waals surface area contributed by atoms with Gasteiger partial charge in [-0.3, -0.25) is 14.7 Å². The summed E-state index contributed by atoms with van der Waals surface area (Å²) >= 11 is 0. The Labute approximate surface area is 202 Å². The highest BCUT2D eigenvalue weighted by Gasteiger charge is 2.24. The zero-order chi connectivity index (χ0) is 24.2. The quantitative estimate of drug-likeness (QED) is 0.411. The Kier molecular flexibility index (Phi) is 6.65. The molecular weight excluding hydrogens is 446 g/mol. The number of aliphatic imine (C=N–C) groups is 1. The van der Waals surface area contributed by atoms with Gasteiger partial charge < -0.3 is 19.0 Å². The second kappa shape index (κ2) is 10.2. The van der Waals surface area contributed by atoms with Crippen molar-refractivity contribution >= 4 is 17.0 Å². The maximum absolute atomic E-state index is 13.3. The van der Waals surface area contributed by atoms with Crippen LogP contribution in [0.25, 0.3) is 16.5 Å². The number of ether oxygens (including phenoxy) is 2. The normalized spacial score (nSPS) is 15.6. The molecule has 0 saturated carbocycles. The third-order valence-electron chi connectivity index (χ3n) is 6.27. The average Bonchev–Trinajstić information content (AvgIpc) is 3.44. The molecule has 0 bridgehead atoms. The number of rotatable bonds is 7. The Balaban J connectivity index is 1.56. The molecule has 180 valence electrons. The van der Waals surface area contributed by atoms with Crippen molar-refractivity contribution < 1.29 is 19.0 Å². The second-order valence-electron chi connectivity index (χ2n) is 8.30. The molecule has 0 spiro atoms. The first kappa shape index (κ1) is 22.9. The molecular formula is C27H27N3O5. The number of aromatic hydroxyl groups is 1. The summed E-state index contributed by atoms with van der Waals surface area (Å²) in [6.07, 6.45) is 3.31. The summed E-state index contributed by atoms with van der Waals surface area (Å²) in [6, 6.07) is 18.0. The molecule has 0 radical (unpaired) electrons. The smallest absolute Gasteiger partial charge is 0.265 e. The summed E-state index contributed by atoms with van der Waals surface area (Å²) in [6.45, 7) is 3.33. The molecule has 3 heterocycles. The highest BCUT2D eigenvalue weighted by Crippen LogP contribution is 2.28. The third kappa shape index (κ3) is 4.58. The van der Waals surface area contributed by atoms with Gasteiger partial charge in [0.25, 0.3) is 5.56 Å². The lowest BCUT2D eigenvalue weighted by atomic mass is 10.1. The van der Waals surface area contributed by atoms with Gasteiger partial charge >= 0.3 is 0 Å². The fourth-order valence-corrected chi connectivity index (χ4v) is 4.48. The monoisotopic (exact) mass is 473 g/mol. The molecule has 8 nitrogen and oxygen atoms in total. The van der Waals surface area contributed by atoms with E-state index < -0.39 is 0 Å². The van der Waals surface area contributed by atoms with Crippen molar-refractivity contribution in [1.29, 1.82) is 0 Å². The minimum absolute atomic E-state index is 0.0529. The van der Waals surface area contributed by atoms with Gasteiger partial charge in [-0.2, -0.15) is 0 Å². The average molecular weight is 474 g/mol. The van der Waals surface area contributed by atoms with Crippen molar-refractivity contribution in [3.05, 3.63) is 88.6 Å². The topological polar surface area (TPSA) is 89.4 Å². The number of morpholine rings is 1. The maximum Gasteiger partial charge on any atom is 0.265 e. The van der Waals surface area contributed by atoms with Crippen LogP contribution in [-0.4, -0.2) is 60.7 Å². The van der Waals surface area contributed by atoms with E-state index in [0.717, 1.165) is 18.8 Å². The SMILES string of the molecule is COc1cccc(-n2c(O)c(C=NCC(c3ccco3)N3CCOCC3)c3ccccc3c2=O)c1. The summed E-state index contributed by atoms with van der Waals surface area (Å²) in [7, 11) is 1.56. The van der Waals surface area contributed by atoms with Crippen LogP contribution >= 0.6 is 0 Å². The Hall–Kier alpha value is -3.88. The fraction of sp³-hybridized carbons (Fsp3) is 0.259. The number of aromatic nitrogens is 1. The molecule has 1 aliphatic heterocycles. The minimum atomic E-state index is -0.315. The van der Waals surface area contributed by atoms with E-state index in [2.05, 4.69) is 4.90 Å². The Bertz CT molecular complexity index is 1390. The van der Waals surface area contributed by atoms with E-state index >= 15 is 0 Å². The molecule has 5 rings (SSSR count). The Morgan fingerprint density at radius 1 is 1.09 bits per heavy atom. The summed E-state index contributed by atoms with van der Waals surface area (Å²) in [5.74, 6) is 1.25. The zero-order valence-electron chi connectivity index (χ0n) is 19.5. The molecule has 2 aromatic heterocycles. The van der Waals surface area contributed by atoms with Crippen molar-refractivity contribution in [2.75, 3.05) is 40.0 Å². The third-order valence-corrected chi connectivity index (χ3v) is 6.27. The molecule has 8 heteroatoms. The van der Waals surface area contributed by atoms with E-state index in [1.807, 2.05) is 30.3 Å². The van der Waals surface area contributed by atoms with Crippen molar-refractivity contribution in [3.63, 3.8) is 0 Å². The second-order valence-corrected chi connectivity index (χ2v) is 8.30. The highest BCUT2D eigenvalue weighted by molar-refractivity contribution is 6.01. The number of fused-ring (bicyclic) bond motifs is 1. The van der Waals surface area contributed by atoms with Gasteiger partial charge in [0, 0.05) is 36.1 Å². The summed E-state index contributed by atoms with van der Waals surface area (Å²) < 4.78 is 17.8. The molecule has 1 aliphatic rings. The number of methoxy groups -OCH3 is 1. The van der Waals surface area contributed by atoms with E-state index in [0.29, 0.717) is 47.5 Å². The minimum Gasteiger partial charge on any atom is -0.497 e. The molecule has 1 unspecified atom stereocenters. The molecule has 0 aliphatic carbocycles. The van der Waals surface area contributed by atoms with Gasteiger partial charge in [-0.1, -0.05) is 24.3 Å². The lowest BCUT2D eigenvalue weighted by Gasteiger charge is -2.32. The first-order valence-corrected chi connectivity index (χ1v) is 11.5. The van der Waals surface area contributed by atoms with Crippen molar-refractivity contribution in [3.8, 4) is 17.3 Å². The molecule has 1 atom stereocenters. The molecule has 4 aromatic rings. The van der Waals surface area contributed by atoms with Crippen LogP contribution in [0.15, 0.2) is 81.1 Å². The van der Waals surface area contributed by atoms with E-state index in [9.17, 15) is 9.90 Å². The van der Waals surface area contributed by atoms with Gasteiger partial charge in [0.05, 0.1) is 50.4 Å². The van der Waals surface area contributed by atoms with Crippen molar-refractivity contribution in [1.82, 2.24) is 9.47 Å². The first-order valence-electron chi connectivity index (χ1n) is 11.5. The number of pyridine rings is 1. The van der Waals surface area contributed by atoms with E-state index in [1.165, 1.54) is 4.57 Å². The van der Waals surface area contributed by atoms with Crippen molar-refractivity contribution in [2.45, 2.75) is 6.04 Å². The predicted molar refractivity (Wildman–Crippen MR) is 134 cm³/mol. The molecule has 1 saturated heterocycles. The Morgan fingerprint density at radius 3 is 2.63 bits per heavy atom. The number of furan rings is 1. The van der Waals surface area contributed by atoms with Gasteiger partial charge in [0.15, 0.2) is 0 Å². The number of hydrogen-bond donors (Lipinski definition) is 1. The summed E-state index contributed by atoms with van der Waals surface area (Å²) in [4.78, 5) is 20.3. The van der Waals surface area contributed by atoms with Crippen LogP contribution in [0.2, 0.25) is 0 Å². The highest BCUT2D eigenvalue weighted by atomic mass is 16.5. The van der Waals surface area contributed by atoms with E-state index in [4.69, 9.17) is 18.9 Å². The van der Waals surface area contributed by atoms with Gasteiger partial charge in [-0.25, -0.2) is 4.57 Å². The van der Waals surface area contributed by atoms with E-state index in [1.54, 1.807) is 49.9 Å². The van der Waals surface area contributed by atoms with Crippen LogP contribution in [0.3, 0.4) is 0 Å². The maximum atomic E-state index is 13.3. The molecule has 0 amide bonds. The Morgan fingerprint density at radius 2 is 1.89 bits per heavy atom. The largest absolute Gasteiger partial charge is 0.497 e. The number of benzene rings is 2. The zero-order valence-corrected chi connectivity index (χ0v) is 19.5. The van der Waals surface area contributed by atoms with Crippen LogP contribution < -0.4 is 10.3 Å². The molecule has 2 aromatic carbocycles. The lowest BCUT2D eigenvalue weighted by Crippen LogP contribution is -2.40. The molecule has 1 fully saturated rings. The van der Waals surface area contributed by atoms with Gasteiger partial charge in [0.1, 0.15) is 11.5 Å². The van der Waals surface area contributed by atoms with Crippen LogP contribution in [0.5, 0.6) is 11.6 Å². The van der Waals surface area contributed by atoms with Gasteiger partial charge in [-0.15, -0.1) is 0 Å². The van der Waals surface area contributed by atoms with E-state index in [-0.39, 0.29) is 17.5 Å². The number of nitrogens with zero attached hydrogens (tertiary/aromatic N) is 3. The van der Waals surface area contributed by atoms with Crippen LogP contribution in [0.1, 0.15) is 17.4 Å². The first-order chi connectivity index (χ1) is 17.2. The number of hydrogen-bond acceptors (Lipinski definition) is 7. The van der Waals surface area contributed by atoms with Crippen LogP contribution in [0, 0.1) is 0 Å².